The SMILES string of the molecule is O=C1OCC(CCCOCCC(O)COCC2COC(=O)O2)O1. The van der Waals surface area contributed by atoms with Crippen molar-refractivity contribution in [1.29, 1.82) is 0 Å². The zero-order chi connectivity index (χ0) is 16.5. The molecule has 2 saturated heterocycles. The van der Waals surface area contributed by atoms with Crippen LogP contribution >= 0.6 is 0 Å². The third-order valence-electron chi connectivity index (χ3n) is 3.32. The maximum absolute atomic E-state index is 10.7. The molecule has 2 heterocycles. The summed E-state index contributed by atoms with van der Waals surface area (Å²) in [6.07, 6.45) is -0.636. The first-order valence-corrected chi connectivity index (χ1v) is 7.64. The van der Waals surface area contributed by atoms with E-state index in [4.69, 9.17) is 18.9 Å². The van der Waals surface area contributed by atoms with E-state index in [0.717, 1.165) is 6.42 Å². The zero-order valence-corrected chi connectivity index (χ0v) is 12.8. The number of ether oxygens (including phenoxy) is 6. The van der Waals surface area contributed by atoms with Crippen LogP contribution in [0.2, 0.25) is 0 Å². The molecule has 0 bridgehead atoms. The smallest absolute Gasteiger partial charge is 0.430 e. The van der Waals surface area contributed by atoms with Crippen LogP contribution in [0.25, 0.3) is 0 Å². The van der Waals surface area contributed by atoms with Crippen LogP contribution in [0, 0.1) is 0 Å². The average molecular weight is 334 g/mol. The molecule has 0 radical (unpaired) electrons. The van der Waals surface area contributed by atoms with Crippen molar-refractivity contribution in [3.8, 4) is 0 Å². The van der Waals surface area contributed by atoms with E-state index < -0.39 is 24.5 Å². The van der Waals surface area contributed by atoms with E-state index in [9.17, 15) is 14.7 Å². The first kappa shape index (κ1) is 17.8. The highest BCUT2D eigenvalue weighted by Crippen LogP contribution is 2.11. The molecule has 1 N–H and O–H groups in total. The van der Waals surface area contributed by atoms with Crippen LogP contribution in [0.3, 0.4) is 0 Å². The highest BCUT2D eigenvalue weighted by atomic mass is 16.8. The molecule has 3 unspecified atom stereocenters. The molecule has 9 nitrogen and oxygen atoms in total. The lowest BCUT2D eigenvalue weighted by Crippen LogP contribution is -2.24. The molecule has 2 rings (SSSR count). The highest BCUT2D eigenvalue weighted by molar-refractivity contribution is 5.62. The van der Waals surface area contributed by atoms with Gasteiger partial charge in [0, 0.05) is 13.2 Å². The molecule has 2 aliphatic heterocycles. The second kappa shape index (κ2) is 9.53. The fourth-order valence-corrected chi connectivity index (χ4v) is 2.11. The van der Waals surface area contributed by atoms with Gasteiger partial charge in [-0.15, -0.1) is 0 Å². The third kappa shape index (κ3) is 7.02. The fraction of sp³-hybridized carbons (Fsp3) is 0.857. The molecule has 0 aromatic rings. The van der Waals surface area contributed by atoms with Gasteiger partial charge in [-0.2, -0.15) is 0 Å². The van der Waals surface area contributed by atoms with Crippen LogP contribution < -0.4 is 0 Å². The van der Waals surface area contributed by atoms with Gasteiger partial charge in [0.15, 0.2) is 6.10 Å². The van der Waals surface area contributed by atoms with Crippen LogP contribution in [-0.2, 0) is 28.4 Å². The van der Waals surface area contributed by atoms with Gasteiger partial charge < -0.3 is 33.5 Å². The average Bonchev–Trinajstić information content (AvgIpc) is 3.11. The van der Waals surface area contributed by atoms with Crippen molar-refractivity contribution in [3.63, 3.8) is 0 Å². The Bertz CT molecular complexity index is 386. The number of hydrogen-bond donors (Lipinski definition) is 1. The van der Waals surface area contributed by atoms with E-state index >= 15 is 0 Å². The molecule has 0 saturated carbocycles. The summed E-state index contributed by atoms with van der Waals surface area (Å²) in [6.45, 7) is 1.76. The van der Waals surface area contributed by atoms with Gasteiger partial charge in [0.25, 0.3) is 0 Å². The van der Waals surface area contributed by atoms with Crippen LogP contribution in [0.5, 0.6) is 0 Å². The van der Waals surface area contributed by atoms with Crippen molar-refractivity contribution in [2.75, 3.05) is 39.6 Å². The van der Waals surface area contributed by atoms with Crippen LogP contribution in [-0.4, -0.2) is 75.4 Å². The van der Waals surface area contributed by atoms with Gasteiger partial charge >= 0.3 is 12.3 Å². The number of aliphatic hydroxyl groups is 1. The van der Waals surface area contributed by atoms with Gasteiger partial charge in [-0.1, -0.05) is 0 Å². The predicted octanol–water partition coefficient (Wildman–Crippen LogP) is 0.622. The molecule has 0 spiro atoms. The molecular weight excluding hydrogens is 312 g/mol. The number of hydrogen-bond acceptors (Lipinski definition) is 9. The Balaban J connectivity index is 1.37. The molecule has 23 heavy (non-hydrogen) atoms. The summed E-state index contributed by atoms with van der Waals surface area (Å²) >= 11 is 0. The predicted molar refractivity (Wildman–Crippen MR) is 73.9 cm³/mol. The molecule has 3 atom stereocenters. The van der Waals surface area contributed by atoms with E-state index in [1.165, 1.54) is 0 Å². The molecule has 2 aliphatic rings. The Hall–Kier alpha value is -1.58. The van der Waals surface area contributed by atoms with Gasteiger partial charge in [0.2, 0.25) is 0 Å². The van der Waals surface area contributed by atoms with E-state index in [1.807, 2.05) is 0 Å². The summed E-state index contributed by atoms with van der Waals surface area (Å²) in [7, 11) is 0. The minimum Gasteiger partial charge on any atom is -0.430 e. The molecular formula is C14H22O9. The first-order valence-electron chi connectivity index (χ1n) is 7.64. The quantitative estimate of drug-likeness (QED) is 0.429. The maximum atomic E-state index is 10.7. The largest absolute Gasteiger partial charge is 0.508 e. The lowest BCUT2D eigenvalue weighted by Gasteiger charge is -2.13. The molecule has 0 amide bonds. The minimum atomic E-state index is -0.688. The second-order valence-electron chi connectivity index (χ2n) is 5.34. The molecule has 0 aromatic heterocycles. The second-order valence-corrected chi connectivity index (χ2v) is 5.34. The summed E-state index contributed by atoms with van der Waals surface area (Å²) in [5, 5.41) is 9.72. The van der Waals surface area contributed by atoms with Crippen LogP contribution in [0.4, 0.5) is 9.59 Å². The minimum absolute atomic E-state index is 0.146. The van der Waals surface area contributed by atoms with Crippen LogP contribution in [0.1, 0.15) is 19.3 Å². The van der Waals surface area contributed by atoms with E-state index in [-0.39, 0.29) is 25.9 Å². The van der Waals surface area contributed by atoms with Gasteiger partial charge in [-0.25, -0.2) is 9.59 Å². The number of cyclic esters (lactones) is 4. The van der Waals surface area contributed by atoms with Crippen LogP contribution in [0.15, 0.2) is 0 Å². The molecule has 2 fully saturated rings. The Kier molecular flexibility index (Phi) is 7.37. The van der Waals surface area contributed by atoms with Crippen molar-refractivity contribution < 1.29 is 43.1 Å². The normalized spacial score (nSPS) is 24.7. The van der Waals surface area contributed by atoms with Gasteiger partial charge in [-0.3, -0.25) is 0 Å². The fourth-order valence-electron chi connectivity index (χ4n) is 2.11. The summed E-state index contributed by atoms with van der Waals surface area (Å²) in [6, 6.07) is 0. The number of rotatable bonds is 11. The number of carbonyl (C=O) groups excluding carboxylic acids is 2. The van der Waals surface area contributed by atoms with Gasteiger partial charge in [-0.05, 0) is 19.3 Å². The lowest BCUT2D eigenvalue weighted by atomic mass is 10.2. The van der Waals surface area contributed by atoms with Crippen molar-refractivity contribution in [1.82, 2.24) is 0 Å². The number of aliphatic hydroxyl groups excluding tert-OH is 1. The maximum Gasteiger partial charge on any atom is 0.508 e. The topological polar surface area (TPSA) is 110 Å². The Labute approximate surface area is 133 Å². The third-order valence-corrected chi connectivity index (χ3v) is 3.32. The first-order chi connectivity index (χ1) is 11.1. The summed E-state index contributed by atoms with van der Waals surface area (Å²) in [4.78, 5) is 21.4. The summed E-state index contributed by atoms with van der Waals surface area (Å²) in [5.74, 6) is 0. The van der Waals surface area contributed by atoms with Crippen molar-refractivity contribution in [3.05, 3.63) is 0 Å². The highest BCUT2D eigenvalue weighted by Gasteiger charge is 2.25. The molecule has 132 valence electrons. The van der Waals surface area contributed by atoms with E-state index in [0.29, 0.717) is 32.7 Å². The van der Waals surface area contributed by atoms with Crippen molar-refractivity contribution >= 4 is 12.3 Å². The van der Waals surface area contributed by atoms with Crippen molar-refractivity contribution in [2.24, 2.45) is 0 Å². The number of carbonyl (C=O) groups is 2. The Morgan fingerprint density at radius 3 is 2.39 bits per heavy atom. The molecule has 0 aromatic carbocycles. The summed E-state index contributed by atoms with van der Waals surface area (Å²) in [5.41, 5.74) is 0. The van der Waals surface area contributed by atoms with Gasteiger partial charge in [0.1, 0.15) is 19.3 Å². The standard InChI is InChI=1S/C14H22O9/c15-10(6-19-7-12-9-21-14(17)23-12)3-5-18-4-1-2-11-8-20-13(16)22-11/h10-12,15H,1-9H2. The summed E-state index contributed by atoms with van der Waals surface area (Å²) < 4.78 is 29.6. The Morgan fingerprint density at radius 2 is 1.74 bits per heavy atom. The Morgan fingerprint density at radius 1 is 1.04 bits per heavy atom. The monoisotopic (exact) mass is 334 g/mol. The van der Waals surface area contributed by atoms with E-state index in [1.54, 1.807) is 0 Å². The lowest BCUT2D eigenvalue weighted by molar-refractivity contribution is -0.0129. The van der Waals surface area contributed by atoms with Crippen molar-refractivity contribution in [2.45, 2.75) is 37.6 Å². The van der Waals surface area contributed by atoms with Gasteiger partial charge in [0.05, 0.1) is 19.3 Å². The molecule has 0 aliphatic carbocycles. The molecule has 9 heteroatoms. The zero-order valence-electron chi connectivity index (χ0n) is 12.8. The van der Waals surface area contributed by atoms with E-state index in [2.05, 4.69) is 9.47 Å².